The van der Waals surface area contributed by atoms with Crippen molar-refractivity contribution in [1.29, 1.82) is 0 Å². The van der Waals surface area contributed by atoms with E-state index in [0.29, 0.717) is 22.2 Å². The first-order valence-corrected chi connectivity index (χ1v) is 8.38. The van der Waals surface area contributed by atoms with Gasteiger partial charge in [0.25, 0.3) is 5.69 Å². The third kappa shape index (κ3) is 3.95. The number of nitrogens with zero attached hydrogens (tertiary/aromatic N) is 3. The number of hydrogen-bond acceptors (Lipinski definition) is 5. The maximum absolute atomic E-state index is 11.5. The fourth-order valence-electron chi connectivity index (χ4n) is 2.36. The standard InChI is InChI=1S/C18H15N3O3S/c1-13(22)15-7-8-17(16(11-15)21(23)24)25-18-19-9-10-20(18)12-14-5-3-2-4-6-14/h2-11H,12H2,1H3. The molecule has 6 nitrogen and oxygen atoms in total. The van der Waals surface area contributed by atoms with Crippen LogP contribution in [0.1, 0.15) is 22.8 Å². The second-order valence-electron chi connectivity index (χ2n) is 5.42. The van der Waals surface area contributed by atoms with Gasteiger partial charge in [-0.1, -0.05) is 30.3 Å². The predicted octanol–water partition coefficient (Wildman–Crippen LogP) is 4.19. The summed E-state index contributed by atoms with van der Waals surface area (Å²) in [5.74, 6) is -0.203. The van der Waals surface area contributed by atoms with Gasteiger partial charge in [-0.05, 0) is 36.4 Å². The fourth-order valence-corrected chi connectivity index (χ4v) is 3.29. The van der Waals surface area contributed by atoms with Gasteiger partial charge in [0.1, 0.15) is 0 Å². The Morgan fingerprint density at radius 3 is 2.68 bits per heavy atom. The van der Waals surface area contributed by atoms with E-state index in [-0.39, 0.29) is 11.5 Å². The van der Waals surface area contributed by atoms with Gasteiger partial charge in [-0.25, -0.2) is 4.98 Å². The highest BCUT2D eigenvalue weighted by Gasteiger charge is 2.19. The number of carbonyl (C=O) groups is 1. The van der Waals surface area contributed by atoms with Crippen molar-refractivity contribution in [3.05, 3.63) is 82.2 Å². The normalized spacial score (nSPS) is 10.6. The Bertz CT molecular complexity index is 922. The number of nitro groups is 1. The van der Waals surface area contributed by atoms with Crippen LogP contribution in [-0.2, 0) is 6.54 Å². The van der Waals surface area contributed by atoms with Gasteiger partial charge in [-0.15, -0.1) is 0 Å². The van der Waals surface area contributed by atoms with Crippen LogP contribution in [0.3, 0.4) is 0 Å². The molecule has 3 aromatic rings. The number of hydrogen-bond donors (Lipinski definition) is 0. The van der Waals surface area contributed by atoms with Crippen molar-refractivity contribution < 1.29 is 9.72 Å². The first kappa shape index (κ1) is 16.9. The number of ketones is 1. The molecule has 3 rings (SSSR count). The summed E-state index contributed by atoms with van der Waals surface area (Å²) in [6, 6.07) is 14.4. The molecule has 0 N–H and O–H groups in total. The molecule has 0 amide bonds. The number of aromatic nitrogens is 2. The first-order valence-electron chi connectivity index (χ1n) is 7.57. The lowest BCUT2D eigenvalue weighted by Crippen LogP contribution is -2.01. The van der Waals surface area contributed by atoms with E-state index in [9.17, 15) is 14.9 Å². The Hall–Kier alpha value is -2.93. The summed E-state index contributed by atoms with van der Waals surface area (Å²) < 4.78 is 1.93. The van der Waals surface area contributed by atoms with Crippen LogP contribution in [0.15, 0.2) is 71.0 Å². The molecule has 0 aliphatic carbocycles. The average Bonchev–Trinajstić information content (AvgIpc) is 3.02. The van der Waals surface area contributed by atoms with Crippen LogP contribution in [-0.4, -0.2) is 20.3 Å². The molecule has 0 saturated heterocycles. The average molecular weight is 353 g/mol. The van der Waals surface area contributed by atoms with Crippen molar-refractivity contribution in [3.8, 4) is 0 Å². The van der Waals surface area contributed by atoms with Crippen LogP contribution in [0.4, 0.5) is 5.69 Å². The largest absolute Gasteiger partial charge is 0.321 e. The summed E-state index contributed by atoms with van der Waals surface area (Å²) in [5.41, 5.74) is 1.35. The molecular formula is C18H15N3O3S. The first-order chi connectivity index (χ1) is 12.0. The summed E-state index contributed by atoms with van der Waals surface area (Å²) in [6.07, 6.45) is 3.51. The minimum Gasteiger partial charge on any atom is -0.321 e. The lowest BCUT2D eigenvalue weighted by molar-refractivity contribution is -0.387. The maximum atomic E-state index is 11.5. The molecule has 0 unspecified atom stereocenters. The van der Waals surface area contributed by atoms with E-state index in [2.05, 4.69) is 4.98 Å². The highest BCUT2D eigenvalue weighted by atomic mass is 32.2. The van der Waals surface area contributed by atoms with Gasteiger partial charge < -0.3 is 4.57 Å². The van der Waals surface area contributed by atoms with E-state index in [1.165, 1.54) is 24.8 Å². The van der Waals surface area contributed by atoms with Gasteiger partial charge in [0.15, 0.2) is 10.9 Å². The highest BCUT2D eigenvalue weighted by Crippen LogP contribution is 2.34. The Morgan fingerprint density at radius 2 is 2.00 bits per heavy atom. The van der Waals surface area contributed by atoms with E-state index in [1.807, 2.05) is 41.1 Å². The summed E-state index contributed by atoms with van der Waals surface area (Å²) in [4.78, 5) is 27.1. The molecule has 0 aliphatic heterocycles. The second-order valence-corrected chi connectivity index (χ2v) is 6.43. The zero-order valence-electron chi connectivity index (χ0n) is 13.5. The number of imidazole rings is 1. The van der Waals surface area contributed by atoms with Crippen molar-refractivity contribution in [2.24, 2.45) is 0 Å². The quantitative estimate of drug-likeness (QED) is 0.377. The lowest BCUT2D eigenvalue weighted by Gasteiger charge is -2.08. The van der Waals surface area contributed by atoms with Gasteiger partial charge >= 0.3 is 0 Å². The topological polar surface area (TPSA) is 78.0 Å². The number of Topliss-reactive ketones (excluding diaryl/α,β-unsaturated/α-hetero) is 1. The summed E-state index contributed by atoms with van der Waals surface area (Å²) in [6.45, 7) is 2.01. The van der Waals surface area contributed by atoms with E-state index in [1.54, 1.807) is 18.3 Å². The van der Waals surface area contributed by atoms with Crippen LogP contribution >= 0.6 is 11.8 Å². The molecule has 0 spiro atoms. The molecular weight excluding hydrogens is 338 g/mol. The third-order valence-corrected chi connectivity index (χ3v) is 4.72. The molecule has 2 aromatic carbocycles. The number of carbonyl (C=O) groups excluding carboxylic acids is 1. The van der Waals surface area contributed by atoms with Crippen LogP contribution in [0.2, 0.25) is 0 Å². The molecule has 126 valence electrons. The van der Waals surface area contributed by atoms with Crippen LogP contribution in [0.25, 0.3) is 0 Å². The van der Waals surface area contributed by atoms with Gasteiger partial charge in [0.05, 0.1) is 9.82 Å². The molecule has 1 heterocycles. The van der Waals surface area contributed by atoms with Crippen molar-refractivity contribution in [1.82, 2.24) is 9.55 Å². The van der Waals surface area contributed by atoms with Crippen molar-refractivity contribution in [2.75, 3.05) is 0 Å². The Labute approximate surface area is 148 Å². The summed E-state index contributed by atoms with van der Waals surface area (Å²) in [7, 11) is 0. The minimum atomic E-state index is -0.473. The highest BCUT2D eigenvalue weighted by molar-refractivity contribution is 7.99. The van der Waals surface area contributed by atoms with Crippen LogP contribution in [0, 0.1) is 10.1 Å². The maximum Gasteiger partial charge on any atom is 0.284 e. The van der Waals surface area contributed by atoms with Crippen molar-refractivity contribution in [2.45, 2.75) is 23.5 Å². The van der Waals surface area contributed by atoms with E-state index in [0.717, 1.165) is 5.56 Å². The van der Waals surface area contributed by atoms with E-state index in [4.69, 9.17) is 0 Å². The predicted molar refractivity (Wildman–Crippen MR) is 95.0 cm³/mol. The number of benzene rings is 2. The Balaban J connectivity index is 1.90. The van der Waals surface area contributed by atoms with Gasteiger partial charge in [-0.2, -0.15) is 0 Å². The number of rotatable bonds is 6. The zero-order valence-corrected chi connectivity index (χ0v) is 14.3. The molecule has 1 aromatic heterocycles. The second kappa shape index (κ2) is 7.31. The number of nitro benzene ring substituents is 1. The molecule has 0 radical (unpaired) electrons. The van der Waals surface area contributed by atoms with Gasteiger partial charge in [-0.3, -0.25) is 14.9 Å². The smallest absolute Gasteiger partial charge is 0.284 e. The van der Waals surface area contributed by atoms with E-state index >= 15 is 0 Å². The van der Waals surface area contributed by atoms with E-state index < -0.39 is 4.92 Å². The minimum absolute atomic E-state index is 0.0908. The molecule has 0 fully saturated rings. The lowest BCUT2D eigenvalue weighted by atomic mass is 10.1. The Morgan fingerprint density at radius 1 is 1.24 bits per heavy atom. The van der Waals surface area contributed by atoms with Gasteiger partial charge in [0.2, 0.25) is 0 Å². The monoisotopic (exact) mass is 353 g/mol. The molecule has 0 saturated carbocycles. The van der Waals surface area contributed by atoms with Crippen LogP contribution in [0.5, 0.6) is 0 Å². The SMILES string of the molecule is CC(=O)c1ccc(Sc2nccn2Cc2ccccc2)c([N+](=O)[O-])c1. The molecule has 25 heavy (non-hydrogen) atoms. The Kier molecular flexibility index (Phi) is 4.95. The third-order valence-electron chi connectivity index (χ3n) is 3.64. The molecule has 0 atom stereocenters. The summed E-state index contributed by atoms with van der Waals surface area (Å²) in [5, 5.41) is 12.0. The molecule has 7 heteroatoms. The van der Waals surface area contributed by atoms with Gasteiger partial charge in [0, 0.05) is 30.6 Å². The summed E-state index contributed by atoms with van der Waals surface area (Å²) >= 11 is 1.21. The zero-order chi connectivity index (χ0) is 17.8. The van der Waals surface area contributed by atoms with Crippen LogP contribution < -0.4 is 0 Å². The molecule has 0 bridgehead atoms. The van der Waals surface area contributed by atoms with Crippen molar-refractivity contribution in [3.63, 3.8) is 0 Å². The fraction of sp³-hybridized carbons (Fsp3) is 0.111. The molecule has 0 aliphatic rings. The van der Waals surface area contributed by atoms with Crippen molar-refractivity contribution >= 4 is 23.2 Å².